The molecule has 1 saturated heterocycles. The van der Waals surface area contributed by atoms with E-state index < -0.39 is 0 Å². The molecule has 22 heavy (non-hydrogen) atoms. The molecule has 1 aliphatic rings. The van der Waals surface area contributed by atoms with Crippen LogP contribution in [0.15, 0.2) is 18.5 Å². The lowest BCUT2D eigenvalue weighted by Gasteiger charge is -2.24. The molecule has 1 aromatic rings. The predicted octanol–water partition coefficient (Wildman–Crippen LogP) is 2.44. The third-order valence-corrected chi connectivity index (χ3v) is 4.13. The molecule has 0 aliphatic carbocycles. The van der Waals surface area contributed by atoms with E-state index in [1.165, 1.54) is 5.56 Å². The monoisotopic (exact) mass is 305 g/mol. The summed E-state index contributed by atoms with van der Waals surface area (Å²) in [7, 11) is 0. The van der Waals surface area contributed by atoms with Crippen LogP contribution in [0, 0.1) is 0 Å². The second-order valence-corrected chi connectivity index (χ2v) is 7.01. The molecule has 2 rings (SSSR count). The van der Waals surface area contributed by atoms with Gasteiger partial charge >= 0.3 is 6.03 Å². The number of nitrogens with zero attached hydrogens (tertiary/aromatic N) is 2. The van der Waals surface area contributed by atoms with Crippen LogP contribution in [0.1, 0.15) is 51.2 Å². The van der Waals surface area contributed by atoms with Crippen LogP contribution in [0.5, 0.6) is 0 Å². The number of aliphatic hydroxyl groups excluding tert-OH is 1. The second-order valence-electron chi connectivity index (χ2n) is 7.01. The Kier molecular flexibility index (Phi) is 5.40. The van der Waals surface area contributed by atoms with Crippen LogP contribution in [0.25, 0.3) is 0 Å². The van der Waals surface area contributed by atoms with E-state index in [-0.39, 0.29) is 17.6 Å². The number of hydrogen-bond donors (Lipinski definition) is 2. The van der Waals surface area contributed by atoms with Gasteiger partial charge in [-0.1, -0.05) is 20.8 Å². The first-order valence-electron chi connectivity index (χ1n) is 8.02. The lowest BCUT2D eigenvalue weighted by Crippen LogP contribution is -2.40. The number of nitrogens with one attached hydrogen (secondary N) is 1. The van der Waals surface area contributed by atoms with Crippen LogP contribution >= 0.6 is 0 Å². The van der Waals surface area contributed by atoms with E-state index in [2.05, 4.69) is 31.1 Å². The molecule has 5 nitrogen and oxygen atoms in total. The Hall–Kier alpha value is -1.62. The maximum atomic E-state index is 12.3. The van der Waals surface area contributed by atoms with Crippen LogP contribution < -0.4 is 5.32 Å². The summed E-state index contributed by atoms with van der Waals surface area (Å²) in [5.74, 6) is 0. The van der Waals surface area contributed by atoms with Gasteiger partial charge < -0.3 is 15.3 Å². The number of hydrogen-bond acceptors (Lipinski definition) is 3. The van der Waals surface area contributed by atoms with E-state index in [1.54, 1.807) is 11.1 Å². The van der Waals surface area contributed by atoms with Crippen molar-refractivity contribution < 1.29 is 9.90 Å². The van der Waals surface area contributed by atoms with Gasteiger partial charge in [0.15, 0.2) is 0 Å². The molecule has 1 aromatic heterocycles. The third-order valence-electron chi connectivity index (χ3n) is 4.13. The highest BCUT2D eigenvalue weighted by atomic mass is 16.3. The smallest absolute Gasteiger partial charge is 0.317 e. The zero-order valence-electron chi connectivity index (χ0n) is 13.8. The number of urea groups is 1. The number of carbonyl (C=O) groups excluding carboxylic acids is 1. The molecular weight excluding hydrogens is 278 g/mol. The van der Waals surface area contributed by atoms with Gasteiger partial charge in [0.05, 0.1) is 6.10 Å². The molecule has 122 valence electrons. The van der Waals surface area contributed by atoms with Gasteiger partial charge in [0, 0.05) is 32.0 Å². The van der Waals surface area contributed by atoms with Crippen molar-refractivity contribution in [1.29, 1.82) is 0 Å². The van der Waals surface area contributed by atoms with Gasteiger partial charge in [0.2, 0.25) is 0 Å². The summed E-state index contributed by atoms with van der Waals surface area (Å²) in [6, 6.07) is 1.96. The van der Waals surface area contributed by atoms with Crippen molar-refractivity contribution in [3.8, 4) is 0 Å². The minimum Gasteiger partial charge on any atom is -0.393 e. The zero-order chi connectivity index (χ0) is 16.2. The lowest BCUT2D eigenvalue weighted by molar-refractivity contribution is 0.155. The van der Waals surface area contributed by atoms with Gasteiger partial charge in [0.1, 0.15) is 0 Å². The molecule has 0 spiro atoms. The highest BCUT2D eigenvalue weighted by Crippen LogP contribution is 2.25. The van der Waals surface area contributed by atoms with Gasteiger partial charge in [-0.15, -0.1) is 0 Å². The SMILES string of the molecule is CC(C)(C)c1ccncc1CNC(=O)N1CCCC(O)CC1. The van der Waals surface area contributed by atoms with Crippen molar-refractivity contribution in [2.24, 2.45) is 0 Å². The number of rotatable bonds is 2. The van der Waals surface area contributed by atoms with Gasteiger partial charge in [-0.05, 0) is 41.9 Å². The standard InChI is InChI=1S/C17H27N3O2/c1-17(2,3)15-6-8-18-11-13(15)12-19-16(22)20-9-4-5-14(21)7-10-20/h6,8,11,14,21H,4-5,7,9-10,12H2,1-3H3,(H,19,22). The number of amides is 2. The number of likely N-dealkylation sites (tertiary alicyclic amines) is 1. The fraction of sp³-hybridized carbons (Fsp3) is 0.647. The average Bonchev–Trinajstić information content (AvgIpc) is 2.69. The molecule has 0 saturated carbocycles. The minimum absolute atomic E-state index is 0.0235. The molecule has 2 heterocycles. The van der Waals surface area contributed by atoms with E-state index in [4.69, 9.17) is 0 Å². The van der Waals surface area contributed by atoms with Crippen molar-refractivity contribution in [2.75, 3.05) is 13.1 Å². The molecule has 0 bridgehead atoms. The van der Waals surface area contributed by atoms with E-state index in [1.807, 2.05) is 12.3 Å². The summed E-state index contributed by atoms with van der Waals surface area (Å²) in [5, 5.41) is 12.6. The minimum atomic E-state index is -0.274. The molecule has 1 fully saturated rings. The second kappa shape index (κ2) is 7.09. The molecule has 1 unspecified atom stereocenters. The molecule has 1 atom stereocenters. The number of pyridine rings is 1. The molecule has 5 heteroatoms. The zero-order valence-corrected chi connectivity index (χ0v) is 13.8. The van der Waals surface area contributed by atoms with Crippen molar-refractivity contribution in [2.45, 2.75) is 58.1 Å². The highest BCUT2D eigenvalue weighted by molar-refractivity contribution is 5.74. The molecular formula is C17H27N3O2. The molecule has 0 radical (unpaired) electrons. The molecule has 0 aromatic carbocycles. The van der Waals surface area contributed by atoms with Gasteiger partial charge in [-0.25, -0.2) is 4.79 Å². The molecule has 2 amide bonds. The summed E-state index contributed by atoms with van der Waals surface area (Å²) in [6.07, 6.45) is 5.64. The normalized spacial score (nSPS) is 19.6. The molecule has 1 aliphatic heterocycles. The van der Waals surface area contributed by atoms with Crippen molar-refractivity contribution in [3.05, 3.63) is 29.6 Å². The summed E-state index contributed by atoms with van der Waals surface area (Å²) in [4.78, 5) is 18.3. The quantitative estimate of drug-likeness (QED) is 0.882. The van der Waals surface area contributed by atoms with Crippen molar-refractivity contribution >= 4 is 6.03 Å². The highest BCUT2D eigenvalue weighted by Gasteiger charge is 2.21. The Bertz CT molecular complexity index is 511. The summed E-state index contributed by atoms with van der Waals surface area (Å²) in [5.41, 5.74) is 2.28. The Balaban J connectivity index is 1.97. The Morgan fingerprint density at radius 2 is 2.18 bits per heavy atom. The first kappa shape index (κ1) is 16.7. The predicted molar refractivity (Wildman–Crippen MR) is 86.6 cm³/mol. The van der Waals surface area contributed by atoms with Crippen LogP contribution in [0.3, 0.4) is 0 Å². The van der Waals surface area contributed by atoms with E-state index in [0.29, 0.717) is 26.1 Å². The largest absolute Gasteiger partial charge is 0.393 e. The molecule has 2 N–H and O–H groups in total. The van der Waals surface area contributed by atoms with E-state index in [0.717, 1.165) is 18.4 Å². The van der Waals surface area contributed by atoms with Crippen molar-refractivity contribution in [1.82, 2.24) is 15.2 Å². The summed E-state index contributed by atoms with van der Waals surface area (Å²) < 4.78 is 0. The third kappa shape index (κ3) is 4.44. The number of aromatic nitrogens is 1. The lowest BCUT2D eigenvalue weighted by atomic mass is 9.85. The van der Waals surface area contributed by atoms with Crippen LogP contribution in [-0.2, 0) is 12.0 Å². The maximum Gasteiger partial charge on any atom is 0.317 e. The fourth-order valence-corrected chi connectivity index (χ4v) is 2.86. The first-order chi connectivity index (χ1) is 10.4. The van der Waals surface area contributed by atoms with E-state index >= 15 is 0 Å². The average molecular weight is 305 g/mol. The Morgan fingerprint density at radius 1 is 1.41 bits per heavy atom. The topological polar surface area (TPSA) is 65.5 Å². The van der Waals surface area contributed by atoms with Crippen molar-refractivity contribution in [3.63, 3.8) is 0 Å². The summed E-state index contributed by atoms with van der Waals surface area (Å²) in [6.45, 7) is 8.28. The Morgan fingerprint density at radius 3 is 2.91 bits per heavy atom. The first-order valence-corrected chi connectivity index (χ1v) is 8.02. The maximum absolute atomic E-state index is 12.3. The van der Waals surface area contributed by atoms with Crippen LogP contribution in [0.2, 0.25) is 0 Å². The van der Waals surface area contributed by atoms with Crippen LogP contribution in [0.4, 0.5) is 4.79 Å². The van der Waals surface area contributed by atoms with E-state index in [9.17, 15) is 9.90 Å². The fourth-order valence-electron chi connectivity index (χ4n) is 2.86. The van der Waals surface area contributed by atoms with Crippen LogP contribution in [-0.4, -0.2) is 40.2 Å². The number of carbonyl (C=O) groups is 1. The van der Waals surface area contributed by atoms with Gasteiger partial charge in [-0.2, -0.15) is 0 Å². The van der Waals surface area contributed by atoms with Gasteiger partial charge in [-0.3, -0.25) is 4.98 Å². The number of aliphatic hydroxyl groups is 1. The van der Waals surface area contributed by atoms with Gasteiger partial charge in [0.25, 0.3) is 0 Å². The Labute approximate surface area is 132 Å². The summed E-state index contributed by atoms with van der Waals surface area (Å²) >= 11 is 0.